The van der Waals surface area contributed by atoms with Crippen molar-refractivity contribution in [3.05, 3.63) is 29.8 Å². The Balaban J connectivity index is 2.41. The third-order valence-corrected chi connectivity index (χ3v) is 4.01. The molecule has 15 heavy (non-hydrogen) atoms. The van der Waals surface area contributed by atoms with Crippen molar-refractivity contribution < 1.29 is 13.3 Å². The minimum absolute atomic E-state index is 0.117. The first-order valence-corrected chi connectivity index (χ1v) is 6.09. The van der Waals surface area contributed by atoms with Gasteiger partial charge in [-0.3, -0.25) is 0 Å². The Kier molecular flexibility index (Phi) is 2.48. The highest BCUT2D eigenvalue weighted by Gasteiger charge is 2.25. The first-order chi connectivity index (χ1) is 7.10. The first-order valence-electron chi connectivity index (χ1n) is 4.61. The van der Waals surface area contributed by atoms with Crippen molar-refractivity contribution in [1.29, 1.82) is 0 Å². The van der Waals surface area contributed by atoms with Crippen molar-refractivity contribution in [2.45, 2.75) is 18.2 Å². The molecule has 0 amide bonds. The van der Waals surface area contributed by atoms with Crippen molar-refractivity contribution in [3.63, 3.8) is 0 Å². The molecular weight excluding hydrogens is 214 g/mol. The zero-order valence-corrected chi connectivity index (χ0v) is 9.12. The number of hydrogen-bond donors (Lipinski definition) is 0. The summed E-state index contributed by atoms with van der Waals surface area (Å²) in [5.74, 6) is 0. The van der Waals surface area contributed by atoms with Crippen LogP contribution in [0.5, 0.6) is 0 Å². The van der Waals surface area contributed by atoms with Crippen LogP contribution in [0.1, 0.15) is 12.0 Å². The lowest BCUT2D eigenvalue weighted by atomic mass is 10.2. The van der Waals surface area contributed by atoms with E-state index in [0.717, 1.165) is 5.56 Å². The maximum absolute atomic E-state index is 11.9. The largest absolute Gasteiger partial charge is 0.395 e. The topological polar surface area (TPSA) is 55.7 Å². The standard InChI is InChI=1S/C10H11NO3S/c1-8-2-4-9(5-3-8)15(12,13)10-6-7-14-11-10/h2-5H,6-7H2,1H3. The SMILES string of the molecule is Cc1ccc(S(=O)(=O)C2=NOCC2)cc1. The normalized spacial score (nSPS) is 15.9. The highest BCUT2D eigenvalue weighted by Crippen LogP contribution is 2.17. The van der Waals surface area contributed by atoms with Gasteiger partial charge < -0.3 is 4.84 Å². The summed E-state index contributed by atoms with van der Waals surface area (Å²) >= 11 is 0. The second kappa shape index (κ2) is 3.66. The molecule has 0 aromatic heterocycles. The average Bonchev–Trinajstić information content (AvgIpc) is 2.71. The van der Waals surface area contributed by atoms with Crippen LogP contribution < -0.4 is 0 Å². The second-order valence-electron chi connectivity index (χ2n) is 3.38. The molecule has 1 aliphatic rings. The summed E-state index contributed by atoms with van der Waals surface area (Å²) in [5.41, 5.74) is 1.03. The summed E-state index contributed by atoms with van der Waals surface area (Å²) in [6, 6.07) is 6.71. The summed E-state index contributed by atoms with van der Waals surface area (Å²) in [6.45, 7) is 2.26. The molecule has 1 aliphatic heterocycles. The van der Waals surface area contributed by atoms with Crippen LogP contribution in [-0.2, 0) is 14.7 Å². The predicted octanol–water partition coefficient (Wildman–Crippen LogP) is 1.50. The summed E-state index contributed by atoms with van der Waals surface area (Å²) in [4.78, 5) is 4.97. The molecule has 0 atom stereocenters. The van der Waals surface area contributed by atoms with Gasteiger partial charge in [-0.05, 0) is 19.1 Å². The van der Waals surface area contributed by atoms with Crippen molar-refractivity contribution in [2.24, 2.45) is 5.16 Å². The Labute approximate surface area is 88.5 Å². The number of aryl methyl sites for hydroxylation is 1. The van der Waals surface area contributed by atoms with Gasteiger partial charge in [-0.25, -0.2) is 8.42 Å². The molecule has 0 spiro atoms. The quantitative estimate of drug-likeness (QED) is 0.727. The van der Waals surface area contributed by atoms with Crippen molar-refractivity contribution in [2.75, 3.05) is 6.61 Å². The maximum Gasteiger partial charge on any atom is 0.223 e. The van der Waals surface area contributed by atoms with Crippen LogP contribution in [0, 0.1) is 6.92 Å². The molecule has 0 saturated carbocycles. The highest BCUT2D eigenvalue weighted by molar-refractivity contribution is 8.06. The fourth-order valence-electron chi connectivity index (χ4n) is 1.33. The fraction of sp³-hybridized carbons (Fsp3) is 0.300. The Morgan fingerprint density at radius 2 is 1.93 bits per heavy atom. The molecular formula is C10H11NO3S. The van der Waals surface area contributed by atoms with Gasteiger partial charge in [0.25, 0.3) is 0 Å². The van der Waals surface area contributed by atoms with Gasteiger partial charge in [0, 0.05) is 6.42 Å². The van der Waals surface area contributed by atoms with Crippen LogP contribution >= 0.6 is 0 Å². The third kappa shape index (κ3) is 1.87. The van der Waals surface area contributed by atoms with E-state index >= 15 is 0 Å². The minimum atomic E-state index is -3.43. The molecule has 0 bridgehead atoms. The zero-order valence-electron chi connectivity index (χ0n) is 8.30. The van der Waals surface area contributed by atoms with E-state index in [4.69, 9.17) is 4.84 Å². The minimum Gasteiger partial charge on any atom is -0.395 e. The fourth-order valence-corrected chi connectivity index (χ4v) is 2.60. The van der Waals surface area contributed by atoms with Gasteiger partial charge in [0.2, 0.25) is 9.84 Å². The monoisotopic (exact) mass is 225 g/mol. The van der Waals surface area contributed by atoms with Gasteiger partial charge in [0.1, 0.15) is 6.61 Å². The molecule has 1 aromatic carbocycles. The van der Waals surface area contributed by atoms with E-state index in [9.17, 15) is 8.42 Å². The molecule has 0 fully saturated rings. The number of rotatable bonds is 1. The molecule has 4 nitrogen and oxygen atoms in total. The molecule has 2 rings (SSSR count). The van der Waals surface area contributed by atoms with Crippen molar-refractivity contribution >= 4 is 14.9 Å². The van der Waals surface area contributed by atoms with E-state index in [1.54, 1.807) is 24.3 Å². The van der Waals surface area contributed by atoms with Gasteiger partial charge in [0.05, 0.1) is 4.90 Å². The van der Waals surface area contributed by atoms with Crippen LogP contribution in [0.4, 0.5) is 0 Å². The molecule has 1 heterocycles. The predicted molar refractivity (Wildman–Crippen MR) is 56.4 cm³/mol. The van der Waals surface area contributed by atoms with E-state index < -0.39 is 9.84 Å². The van der Waals surface area contributed by atoms with Crippen molar-refractivity contribution in [1.82, 2.24) is 0 Å². The number of benzene rings is 1. The van der Waals surface area contributed by atoms with E-state index in [2.05, 4.69) is 5.16 Å². The first kappa shape index (κ1) is 10.2. The molecule has 0 aliphatic carbocycles. The molecule has 80 valence electrons. The van der Waals surface area contributed by atoms with Crippen LogP contribution in [0.3, 0.4) is 0 Å². The maximum atomic E-state index is 11.9. The Bertz CT molecular complexity index is 488. The van der Waals surface area contributed by atoms with Crippen LogP contribution in [0.2, 0.25) is 0 Å². The average molecular weight is 225 g/mol. The lowest BCUT2D eigenvalue weighted by Gasteiger charge is -2.02. The Hall–Kier alpha value is -1.36. The van der Waals surface area contributed by atoms with Crippen LogP contribution in [0.25, 0.3) is 0 Å². The van der Waals surface area contributed by atoms with Gasteiger partial charge in [-0.1, -0.05) is 22.9 Å². The summed E-state index contributed by atoms with van der Waals surface area (Å²) in [5, 5.41) is 3.65. The Morgan fingerprint density at radius 1 is 1.27 bits per heavy atom. The summed E-state index contributed by atoms with van der Waals surface area (Å²) in [6.07, 6.45) is 0.357. The van der Waals surface area contributed by atoms with Crippen LogP contribution in [-0.4, -0.2) is 20.1 Å². The van der Waals surface area contributed by atoms with Gasteiger partial charge in [0.15, 0.2) is 5.04 Å². The second-order valence-corrected chi connectivity index (χ2v) is 5.33. The zero-order chi connectivity index (χ0) is 10.9. The number of hydrogen-bond acceptors (Lipinski definition) is 4. The molecule has 1 aromatic rings. The summed E-state index contributed by atoms with van der Waals surface area (Å²) < 4.78 is 23.9. The summed E-state index contributed by atoms with van der Waals surface area (Å²) in [7, 11) is -3.43. The molecule has 0 saturated heterocycles. The molecule has 5 heteroatoms. The molecule has 0 radical (unpaired) electrons. The molecule has 0 unspecified atom stereocenters. The van der Waals surface area contributed by atoms with E-state index in [-0.39, 0.29) is 9.94 Å². The van der Waals surface area contributed by atoms with Crippen LogP contribution in [0.15, 0.2) is 34.3 Å². The van der Waals surface area contributed by atoms with Gasteiger partial charge >= 0.3 is 0 Å². The van der Waals surface area contributed by atoms with E-state index in [1.807, 2.05) is 6.92 Å². The lowest BCUT2D eigenvalue weighted by molar-refractivity contribution is 0.174. The number of sulfone groups is 1. The van der Waals surface area contributed by atoms with Crippen molar-refractivity contribution in [3.8, 4) is 0 Å². The number of nitrogens with zero attached hydrogens (tertiary/aromatic N) is 1. The smallest absolute Gasteiger partial charge is 0.223 e. The van der Waals surface area contributed by atoms with Gasteiger partial charge in [-0.15, -0.1) is 0 Å². The Morgan fingerprint density at radius 3 is 2.47 bits per heavy atom. The third-order valence-electron chi connectivity index (χ3n) is 2.22. The number of oxime groups is 1. The van der Waals surface area contributed by atoms with E-state index in [0.29, 0.717) is 13.0 Å². The van der Waals surface area contributed by atoms with E-state index in [1.165, 1.54) is 0 Å². The van der Waals surface area contributed by atoms with Gasteiger partial charge in [-0.2, -0.15) is 0 Å². The lowest BCUT2D eigenvalue weighted by Crippen LogP contribution is -2.13. The molecule has 0 N–H and O–H groups in total. The highest BCUT2D eigenvalue weighted by atomic mass is 32.2.